The maximum atomic E-state index is 13.4. The van der Waals surface area contributed by atoms with Crippen LogP contribution in [0.4, 0.5) is 31.8 Å². The lowest BCUT2D eigenvalue weighted by Crippen LogP contribution is -2.16. The predicted octanol–water partition coefficient (Wildman–Crippen LogP) is 4.02. The Hall–Kier alpha value is -3.88. The molecule has 2 aromatic carbocycles. The second-order valence-corrected chi connectivity index (χ2v) is 6.19. The number of nitrogens with one attached hydrogen (secondary N) is 3. The maximum absolute atomic E-state index is 13.4. The molecule has 0 atom stereocenters. The number of amides is 2. The summed E-state index contributed by atoms with van der Waals surface area (Å²) in [5.41, 5.74) is 1.82. The summed E-state index contributed by atoms with van der Waals surface area (Å²) in [6.07, 6.45) is 0. The van der Waals surface area contributed by atoms with Gasteiger partial charge in [0.15, 0.2) is 11.6 Å². The van der Waals surface area contributed by atoms with E-state index in [0.29, 0.717) is 17.1 Å². The lowest BCUT2D eigenvalue weighted by molar-refractivity contribution is -0.114. The molecule has 0 fully saturated rings. The van der Waals surface area contributed by atoms with Gasteiger partial charge in [0, 0.05) is 35.7 Å². The Morgan fingerprint density at radius 3 is 2.28 bits per heavy atom. The van der Waals surface area contributed by atoms with Crippen LogP contribution >= 0.6 is 0 Å². The van der Waals surface area contributed by atoms with Crippen molar-refractivity contribution in [2.75, 3.05) is 16.0 Å². The smallest absolute Gasteiger partial charge is 0.274 e. The van der Waals surface area contributed by atoms with Gasteiger partial charge in [-0.15, -0.1) is 0 Å². The molecule has 0 aliphatic carbocycles. The zero-order chi connectivity index (χ0) is 21.0. The maximum Gasteiger partial charge on any atom is 0.274 e. The van der Waals surface area contributed by atoms with Crippen molar-refractivity contribution in [3.63, 3.8) is 0 Å². The molecule has 3 N–H and O–H groups in total. The van der Waals surface area contributed by atoms with E-state index in [9.17, 15) is 18.4 Å². The van der Waals surface area contributed by atoms with E-state index in [1.165, 1.54) is 19.1 Å². The molecular formula is C20H17F2N5O2. The van der Waals surface area contributed by atoms with Gasteiger partial charge in [0.05, 0.1) is 0 Å². The fourth-order valence-electron chi connectivity index (χ4n) is 2.52. The van der Waals surface area contributed by atoms with Crippen LogP contribution in [0.1, 0.15) is 23.1 Å². The van der Waals surface area contributed by atoms with Crippen molar-refractivity contribution in [3.05, 3.63) is 71.6 Å². The number of carbonyl (C=O) groups is 2. The Morgan fingerprint density at radius 1 is 0.862 bits per heavy atom. The van der Waals surface area contributed by atoms with Gasteiger partial charge >= 0.3 is 0 Å². The summed E-state index contributed by atoms with van der Waals surface area (Å²) < 4.78 is 26.4. The fourth-order valence-corrected chi connectivity index (χ4v) is 2.52. The monoisotopic (exact) mass is 397 g/mol. The summed E-state index contributed by atoms with van der Waals surface area (Å²) >= 11 is 0. The van der Waals surface area contributed by atoms with Gasteiger partial charge in [-0.1, -0.05) is 6.07 Å². The van der Waals surface area contributed by atoms with E-state index in [-0.39, 0.29) is 23.2 Å². The third-order valence-corrected chi connectivity index (χ3v) is 3.70. The van der Waals surface area contributed by atoms with Gasteiger partial charge in [-0.05, 0) is 43.3 Å². The van der Waals surface area contributed by atoms with Crippen molar-refractivity contribution in [2.45, 2.75) is 13.8 Å². The largest absolute Gasteiger partial charge is 0.326 e. The number of aryl methyl sites for hydroxylation is 1. The fraction of sp³-hybridized carbons (Fsp3) is 0.100. The molecular weight excluding hydrogens is 380 g/mol. The molecule has 1 heterocycles. The zero-order valence-corrected chi connectivity index (χ0v) is 15.6. The van der Waals surface area contributed by atoms with E-state index in [2.05, 4.69) is 25.9 Å². The number of halogens is 2. The minimum absolute atomic E-state index is 0.0631. The molecule has 1 aromatic heterocycles. The molecule has 29 heavy (non-hydrogen) atoms. The predicted molar refractivity (Wildman–Crippen MR) is 105 cm³/mol. The number of hydrogen-bond donors (Lipinski definition) is 3. The molecule has 0 saturated heterocycles. The number of benzene rings is 2. The van der Waals surface area contributed by atoms with Crippen LogP contribution < -0.4 is 16.0 Å². The van der Waals surface area contributed by atoms with Crippen molar-refractivity contribution in [2.24, 2.45) is 0 Å². The number of anilines is 4. The molecule has 0 aliphatic heterocycles. The highest BCUT2D eigenvalue weighted by Gasteiger charge is 2.12. The first kappa shape index (κ1) is 19.9. The van der Waals surface area contributed by atoms with Crippen LogP contribution in [0.25, 0.3) is 0 Å². The second-order valence-electron chi connectivity index (χ2n) is 6.19. The molecule has 0 spiro atoms. The molecule has 0 bridgehead atoms. The van der Waals surface area contributed by atoms with Crippen LogP contribution in [-0.2, 0) is 4.79 Å². The van der Waals surface area contributed by atoms with Crippen molar-refractivity contribution in [1.29, 1.82) is 0 Å². The number of aromatic nitrogens is 2. The number of carbonyl (C=O) groups excluding carboxylic acids is 2. The average Bonchev–Trinajstić information content (AvgIpc) is 2.64. The number of hydrogen-bond acceptors (Lipinski definition) is 5. The highest BCUT2D eigenvalue weighted by Crippen LogP contribution is 2.19. The molecule has 0 unspecified atom stereocenters. The third-order valence-electron chi connectivity index (χ3n) is 3.70. The highest BCUT2D eigenvalue weighted by molar-refractivity contribution is 6.03. The van der Waals surface area contributed by atoms with Gasteiger partial charge < -0.3 is 16.0 Å². The van der Waals surface area contributed by atoms with Crippen LogP contribution in [0.3, 0.4) is 0 Å². The summed E-state index contributed by atoms with van der Waals surface area (Å²) in [7, 11) is 0. The van der Waals surface area contributed by atoms with E-state index in [4.69, 9.17) is 0 Å². The first-order chi connectivity index (χ1) is 13.8. The Kier molecular flexibility index (Phi) is 5.77. The van der Waals surface area contributed by atoms with Gasteiger partial charge in [0.1, 0.15) is 5.69 Å². The van der Waals surface area contributed by atoms with Crippen LogP contribution in [-0.4, -0.2) is 21.8 Å². The quantitative estimate of drug-likeness (QED) is 0.604. The first-order valence-electron chi connectivity index (χ1n) is 8.57. The van der Waals surface area contributed by atoms with Crippen molar-refractivity contribution in [1.82, 2.24) is 9.97 Å². The van der Waals surface area contributed by atoms with Gasteiger partial charge in [0.25, 0.3) is 5.91 Å². The summed E-state index contributed by atoms with van der Waals surface area (Å²) in [5, 5.41) is 8.06. The first-order valence-corrected chi connectivity index (χ1v) is 8.57. The highest BCUT2D eigenvalue weighted by atomic mass is 19.2. The minimum Gasteiger partial charge on any atom is -0.326 e. The molecule has 0 saturated carbocycles. The topological polar surface area (TPSA) is 96.0 Å². The normalized spacial score (nSPS) is 10.3. The second kappa shape index (κ2) is 8.42. The van der Waals surface area contributed by atoms with Gasteiger partial charge in [-0.2, -0.15) is 0 Å². The summed E-state index contributed by atoms with van der Waals surface area (Å²) in [6.45, 7) is 3.06. The Balaban J connectivity index is 1.79. The van der Waals surface area contributed by atoms with Crippen LogP contribution in [0.15, 0.2) is 48.5 Å². The van der Waals surface area contributed by atoms with Gasteiger partial charge in [0.2, 0.25) is 11.9 Å². The zero-order valence-electron chi connectivity index (χ0n) is 15.6. The Labute approximate surface area is 165 Å². The summed E-state index contributed by atoms with van der Waals surface area (Å²) in [6, 6.07) is 11.4. The Bertz CT molecular complexity index is 1090. The van der Waals surface area contributed by atoms with E-state index in [1.54, 1.807) is 31.2 Å². The third kappa shape index (κ3) is 5.32. The van der Waals surface area contributed by atoms with Crippen molar-refractivity contribution < 1.29 is 18.4 Å². The standard InChI is InChI=1S/C20H17F2N5O2/c1-11-8-18(19(29)25-14-5-3-4-13(9-14)24-12(2)28)27-20(23-11)26-15-6-7-16(21)17(22)10-15/h3-10H,1-2H3,(H,24,28)(H,25,29)(H,23,26,27). The molecule has 9 heteroatoms. The molecule has 0 aliphatic rings. The van der Waals surface area contributed by atoms with Crippen LogP contribution in [0.2, 0.25) is 0 Å². The minimum atomic E-state index is -1.01. The van der Waals surface area contributed by atoms with Crippen molar-refractivity contribution >= 4 is 34.8 Å². The van der Waals surface area contributed by atoms with Gasteiger partial charge in [-0.25, -0.2) is 18.7 Å². The molecule has 3 aromatic rings. The van der Waals surface area contributed by atoms with Crippen LogP contribution in [0, 0.1) is 18.6 Å². The van der Waals surface area contributed by atoms with E-state index in [1.807, 2.05) is 0 Å². The van der Waals surface area contributed by atoms with Crippen LogP contribution in [0.5, 0.6) is 0 Å². The summed E-state index contributed by atoms with van der Waals surface area (Å²) in [4.78, 5) is 32.0. The Morgan fingerprint density at radius 2 is 1.59 bits per heavy atom. The molecule has 7 nitrogen and oxygen atoms in total. The molecule has 0 radical (unpaired) electrons. The molecule has 148 valence electrons. The molecule has 3 rings (SSSR count). The number of nitrogens with zero attached hydrogens (tertiary/aromatic N) is 2. The average molecular weight is 397 g/mol. The van der Waals surface area contributed by atoms with E-state index >= 15 is 0 Å². The van der Waals surface area contributed by atoms with E-state index < -0.39 is 17.5 Å². The molecule has 2 amide bonds. The van der Waals surface area contributed by atoms with Crippen molar-refractivity contribution in [3.8, 4) is 0 Å². The van der Waals surface area contributed by atoms with E-state index in [0.717, 1.165) is 12.1 Å². The lowest BCUT2D eigenvalue weighted by Gasteiger charge is -2.10. The number of rotatable bonds is 5. The van der Waals surface area contributed by atoms with Gasteiger partial charge in [-0.3, -0.25) is 9.59 Å². The summed E-state index contributed by atoms with van der Waals surface area (Å²) in [5.74, 6) is -2.65. The SMILES string of the molecule is CC(=O)Nc1cccc(NC(=O)c2cc(C)nc(Nc3ccc(F)c(F)c3)n2)c1. The lowest BCUT2D eigenvalue weighted by atomic mass is 10.2.